The molecule has 0 aliphatic heterocycles. The van der Waals surface area contributed by atoms with Crippen molar-refractivity contribution in [2.45, 2.75) is 62.7 Å². The van der Waals surface area contributed by atoms with Gasteiger partial charge in [-0.1, -0.05) is 0 Å². The first kappa shape index (κ1) is 33.4. The van der Waals surface area contributed by atoms with Gasteiger partial charge in [-0.3, -0.25) is 29.0 Å². The third-order valence-corrected chi connectivity index (χ3v) is 5.49. The Bertz CT molecular complexity index is 852. The van der Waals surface area contributed by atoms with Crippen LogP contribution in [0.15, 0.2) is 4.99 Å². The topological polar surface area (TPSA) is 295 Å². The fraction of sp³-hybridized carbons (Fsp3) is 0.650. The molecule has 16 nitrogen and oxygen atoms in total. The number of thioether (sulfide) groups is 1. The van der Waals surface area contributed by atoms with Gasteiger partial charge < -0.3 is 49.1 Å². The molecule has 0 rings (SSSR count). The van der Waals surface area contributed by atoms with Crippen molar-refractivity contribution in [3.8, 4) is 0 Å². The second kappa shape index (κ2) is 17.8. The number of carbonyl (C=O) groups is 6. The van der Waals surface area contributed by atoms with Crippen molar-refractivity contribution in [2.24, 2.45) is 27.9 Å². The number of aliphatic carboxylic acids is 2. The number of hydrogen-bond donors (Lipinski definition) is 9. The van der Waals surface area contributed by atoms with Gasteiger partial charge in [-0.05, 0) is 37.7 Å². The van der Waals surface area contributed by atoms with E-state index in [0.29, 0.717) is 5.75 Å². The van der Waals surface area contributed by atoms with Gasteiger partial charge in [0.15, 0.2) is 5.96 Å². The van der Waals surface area contributed by atoms with Crippen LogP contribution in [0.2, 0.25) is 0 Å². The molecule has 0 fully saturated rings. The van der Waals surface area contributed by atoms with Gasteiger partial charge in [-0.15, -0.1) is 0 Å². The largest absolute Gasteiger partial charge is 0.481 e. The van der Waals surface area contributed by atoms with Crippen LogP contribution in [0.25, 0.3) is 0 Å². The van der Waals surface area contributed by atoms with E-state index in [2.05, 4.69) is 20.9 Å². The van der Waals surface area contributed by atoms with Crippen molar-refractivity contribution in [3.05, 3.63) is 0 Å². The normalized spacial score (nSPS) is 13.8. The van der Waals surface area contributed by atoms with Crippen molar-refractivity contribution in [1.29, 1.82) is 0 Å². The third-order valence-electron chi connectivity index (χ3n) is 4.85. The Labute approximate surface area is 217 Å². The van der Waals surface area contributed by atoms with Crippen molar-refractivity contribution in [2.75, 3.05) is 18.6 Å². The van der Waals surface area contributed by atoms with E-state index in [9.17, 15) is 33.9 Å². The van der Waals surface area contributed by atoms with Crippen LogP contribution in [-0.4, -0.2) is 94.5 Å². The highest BCUT2D eigenvalue weighted by Crippen LogP contribution is 2.06. The number of carbonyl (C=O) groups excluding carboxylic acids is 4. The molecule has 0 saturated carbocycles. The summed E-state index contributed by atoms with van der Waals surface area (Å²) in [5.41, 5.74) is 21.3. The van der Waals surface area contributed by atoms with E-state index in [1.165, 1.54) is 11.8 Å². The number of carboxylic acids is 2. The molecule has 0 aliphatic carbocycles. The van der Waals surface area contributed by atoms with Gasteiger partial charge in [0.2, 0.25) is 23.6 Å². The van der Waals surface area contributed by atoms with Crippen LogP contribution in [0.3, 0.4) is 0 Å². The first-order chi connectivity index (χ1) is 17.3. The molecule has 4 atom stereocenters. The summed E-state index contributed by atoms with van der Waals surface area (Å²) in [5.74, 6) is -5.79. The highest BCUT2D eigenvalue weighted by Gasteiger charge is 2.31. The molecular formula is C20H36N8O8S. The average Bonchev–Trinajstić information content (AvgIpc) is 2.80. The molecule has 210 valence electrons. The Morgan fingerprint density at radius 1 is 0.838 bits per heavy atom. The zero-order valence-electron chi connectivity index (χ0n) is 20.5. The summed E-state index contributed by atoms with van der Waals surface area (Å²) in [6.45, 7) is 0.120. The van der Waals surface area contributed by atoms with E-state index in [4.69, 9.17) is 28.0 Å². The molecular weight excluding hydrogens is 512 g/mol. The van der Waals surface area contributed by atoms with Gasteiger partial charge in [0.1, 0.15) is 18.1 Å². The minimum Gasteiger partial charge on any atom is -0.481 e. The van der Waals surface area contributed by atoms with E-state index in [-0.39, 0.29) is 44.6 Å². The average molecular weight is 549 g/mol. The minimum atomic E-state index is -1.53. The van der Waals surface area contributed by atoms with E-state index in [1.54, 1.807) is 6.26 Å². The minimum absolute atomic E-state index is 0.0459. The second-order valence-corrected chi connectivity index (χ2v) is 8.95. The summed E-state index contributed by atoms with van der Waals surface area (Å²) in [6.07, 6.45) is 0.899. The maximum Gasteiger partial charge on any atom is 0.326 e. The predicted octanol–water partition coefficient (Wildman–Crippen LogP) is -3.60. The lowest BCUT2D eigenvalue weighted by molar-refractivity contribution is -0.142. The second-order valence-electron chi connectivity index (χ2n) is 7.96. The van der Waals surface area contributed by atoms with Crippen LogP contribution in [0.4, 0.5) is 0 Å². The molecule has 0 aliphatic rings. The number of nitrogens with two attached hydrogens (primary N) is 4. The van der Waals surface area contributed by atoms with Gasteiger partial charge in [-0.25, -0.2) is 4.79 Å². The Hall–Kier alpha value is -3.60. The quantitative estimate of drug-likeness (QED) is 0.0429. The number of aliphatic imine (C=N–C) groups is 1. The van der Waals surface area contributed by atoms with Crippen LogP contribution in [0.1, 0.15) is 38.5 Å². The Morgan fingerprint density at radius 2 is 1.41 bits per heavy atom. The summed E-state index contributed by atoms with van der Waals surface area (Å²) in [6, 6.07) is -5.26. The lowest BCUT2D eigenvalue weighted by Crippen LogP contribution is -2.57. The Balaban J connectivity index is 5.44. The monoisotopic (exact) mass is 548 g/mol. The molecule has 4 amide bonds. The molecule has 0 aromatic rings. The fourth-order valence-electron chi connectivity index (χ4n) is 2.91. The van der Waals surface area contributed by atoms with Crippen LogP contribution < -0.4 is 38.9 Å². The lowest BCUT2D eigenvalue weighted by Gasteiger charge is -2.24. The number of primary amides is 1. The van der Waals surface area contributed by atoms with E-state index >= 15 is 0 Å². The molecule has 17 heteroatoms. The van der Waals surface area contributed by atoms with Crippen LogP contribution in [-0.2, 0) is 28.8 Å². The van der Waals surface area contributed by atoms with Gasteiger partial charge in [0.05, 0.1) is 12.5 Å². The van der Waals surface area contributed by atoms with Crippen molar-refractivity contribution >= 4 is 53.3 Å². The summed E-state index contributed by atoms with van der Waals surface area (Å²) < 4.78 is 0. The first-order valence-corrected chi connectivity index (χ1v) is 12.6. The molecule has 37 heavy (non-hydrogen) atoms. The number of rotatable bonds is 19. The zero-order valence-corrected chi connectivity index (χ0v) is 21.3. The van der Waals surface area contributed by atoms with Crippen LogP contribution in [0, 0.1) is 0 Å². The standard InChI is InChI=1S/C20H36N8O8S/c1-37-8-6-11(26-16(32)10(21)4-5-15(30)31)17(33)28-13(9-14(22)29)18(34)27-12(19(35)36)3-2-7-25-20(23)24/h10-13H,2-9,21H2,1H3,(H2,22,29)(H,26,32)(H,27,34)(H,28,33)(H,30,31)(H,35,36)(H4,23,24,25). The molecule has 0 spiro atoms. The number of hydrogen-bond acceptors (Lipinski definition) is 9. The zero-order chi connectivity index (χ0) is 28.5. The van der Waals surface area contributed by atoms with Crippen molar-refractivity contribution in [1.82, 2.24) is 16.0 Å². The highest BCUT2D eigenvalue weighted by atomic mass is 32.2. The molecule has 4 unspecified atom stereocenters. The summed E-state index contributed by atoms with van der Waals surface area (Å²) in [4.78, 5) is 75.5. The van der Waals surface area contributed by atoms with Gasteiger partial charge >= 0.3 is 11.9 Å². The van der Waals surface area contributed by atoms with E-state index in [1.807, 2.05) is 0 Å². The molecule has 0 radical (unpaired) electrons. The molecule has 0 saturated heterocycles. The number of nitrogens with one attached hydrogen (secondary N) is 3. The maximum absolute atomic E-state index is 12.9. The summed E-state index contributed by atoms with van der Waals surface area (Å²) in [5, 5.41) is 25.1. The van der Waals surface area contributed by atoms with Crippen molar-refractivity contribution in [3.63, 3.8) is 0 Å². The molecule has 0 heterocycles. The Morgan fingerprint density at radius 3 is 1.92 bits per heavy atom. The van der Waals surface area contributed by atoms with Crippen LogP contribution >= 0.6 is 11.8 Å². The van der Waals surface area contributed by atoms with Gasteiger partial charge in [0.25, 0.3) is 0 Å². The number of amides is 4. The molecule has 0 aromatic carbocycles. The van der Waals surface area contributed by atoms with Crippen molar-refractivity contribution < 1.29 is 39.0 Å². The smallest absolute Gasteiger partial charge is 0.326 e. The molecule has 13 N–H and O–H groups in total. The van der Waals surface area contributed by atoms with E-state index in [0.717, 1.165) is 0 Å². The van der Waals surface area contributed by atoms with Gasteiger partial charge in [-0.2, -0.15) is 11.8 Å². The fourth-order valence-corrected chi connectivity index (χ4v) is 3.38. The Kier molecular flexibility index (Phi) is 16.0. The first-order valence-electron chi connectivity index (χ1n) is 11.2. The molecule has 0 aromatic heterocycles. The SMILES string of the molecule is CSCCC(NC(=O)C(N)CCC(=O)O)C(=O)NC(CC(N)=O)C(=O)NC(CCCN=C(N)N)C(=O)O. The summed E-state index contributed by atoms with van der Waals surface area (Å²) >= 11 is 1.37. The maximum atomic E-state index is 12.9. The van der Waals surface area contributed by atoms with Crippen LogP contribution in [0.5, 0.6) is 0 Å². The molecule has 0 bridgehead atoms. The number of guanidine groups is 1. The third kappa shape index (κ3) is 15.2. The van der Waals surface area contributed by atoms with Gasteiger partial charge in [0, 0.05) is 13.0 Å². The predicted molar refractivity (Wildman–Crippen MR) is 135 cm³/mol. The summed E-state index contributed by atoms with van der Waals surface area (Å²) in [7, 11) is 0. The lowest BCUT2D eigenvalue weighted by atomic mass is 10.1. The highest BCUT2D eigenvalue weighted by molar-refractivity contribution is 7.98. The number of nitrogens with zero attached hydrogens (tertiary/aromatic N) is 1. The van der Waals surface area contributed by atoms with E-state index < -0.39 is 66.2 Å². The number of carboxylic acid groups (broad SMARTS) is 2.